The largest absolute Gasteiger partial charge is 0.445 e. The molecule has 1 amide bonds. The molecule has 0 aromatic heterocycles. The van der Waals surface area contributed by atoms with E-state index in [9.17, 15) is 9.90 Å². The maximum atomic E-state index is 12.2. The van der Waals surface area contributed by atoms with Crippen LogP contribution >= 0.6 is 0 Å². The number of carbonyl (C=O) groups excluding carboxylic acids is 1. The molecular formula is C18H28N2O4. The molecule has 0 aliphatic carbocycles. The summed E-state index contributed by atoms with van der Waals surface area (Å²) in [5, 5.41) is 12.6. The molecule has 24 heavy (non-hydrogen) atoms. The molecule has 0 spiro atoms. The van der Waals surface area contributed by atoms with Crippen LogP contribution in [0.5, 0.6) is 0 Å². The molecule has 1 unspecified atom stereocenters. The molecule has 6 heteroatoms. The van der Waals surface area contributed by atoms with Crippen LogP contribution < -0.4 is 5.32 Å². The summed E-state index contributed by atoms with van der Waals surface area (Å²) in [6, 6.07) is 9.65. The summed E-state index contributed by atoms with van der Waals surface area (Å²) in [5.74, 6) is 0. The van der Waals surface area contributed by atoms with Gasteiger partial charge in [-0.3, -0.25) is 0 Å². The number of ether oxygens (including phenoxy) is 2. The minimum atomic E-state index is -0.303. The fraction of sp³-hybridized carbons (Fsp3) is 0.611. The molecule has 1 aliphatic rings. The highest BCUT2D eigenvalue weighted by Crippen LogP contribution is 2.12. The molecule has 0 saturated carbocycles. The predicted octanol–water partition coefficient (Wildman–Crippen LogP) is 1.63. The summed E-state index contributed by atoms with van der Waals surface area (Å²) in [5.41, 5.74) is 0.812. The Balaban J connectivity index is 1.72. The number of amides is 1. The van der Waals surface area contributed by atoms with Crippen molar-refractivity contribution in [2.75, 3.05) is 39.4 Å². The van der Waals surface area contributed by atoms with E-state index in [1.54, 1.807) is 4.90 Å². The van der Waals surface area contributed by atoms with E-state index >= 15 is 0 Å². The molecule has 1 heterocycles. The lowest BCUT2D eigenvalue weighted by Crippen LogP contribution is -2.50. The summed E-state index contributed by atoms with van der Waals surface area (Å²) < 4.78 is 11.1. The second-order valence-electron chi connectivity index (χ2n) is 6.93. The monoisotopic (exact) mass is 336 g/mol. The van der Waals surface area contributed by atoms with Gasteiger partial charge in [0.2, 0.25) is 0 Å². The molecular weight excluding hydrogens is 308 g/mol. The molecule has 134 valence electrons. The number of morpholine rings is 1. The predicted molar refractivity (Wildman–Crippen MR) is 91.7 cm³/mol. The van der Waals surface area contributed by atoms with Crippen molar-refractivity contribution in [1.29, 1.82) is 0 Å². The Morgan fingerprint density at radius 3 is 2.88 bits per heavy atom. The van der Waals surface area contributed by atoms with E-state index in [2.05, 4.69) is 5.32 Å². The zero-order valence-corrected chi connectivity index (χ0v) is 14.5. The summed E-state index contributed by atoms with van der Waals surface area (Å²) in [7, 11) is 0. The van der Waals surface area contributed by atoms with Gasteiger partial charge >= 0.3 is 6.09 Å². The Labute approximate surface area is 143 Å². The van der Waals surface area contributed by atoms with Gasteiger partial charge in [-0.2, -0.15) is 0 Å². The first-order chi connectivity index (χ1) is 11.5. The standard InChI is InChI=1S/C18H28N2O4/c1-18(2,14-21)13-19-10-16-11-20(8-9-23-16)17(22)24-12-15-6-4-3-5-7-15/h3-7,16,19,21H,8-14H2,1-2H3. The van der Waals surface area contributed by atoms with E-state index < -0.39 is 0 Å². The van der Waals surface area contributed by atoms with Crippen LogP contribution in [0.2, 0.25) is 0 Å². The summed E-state index contributed by atoms with van der Waals surface area (Å²) in [4.78, 5) is 13.9. The van der Waals surface area contributed by atoms with E-state index in [-0.39, 0.29) is 30.8 Å². The molecule has 1 atom stereocenters. The molecule has 2 N–H and O–H groups in total. The fourth-order valence-electron chi connectivity index (χ4n) is 2.45. The van der Waals surface area contributed by atoms with Gasteiger partial charge in [-0.05, 0) is 5.56 Å². The summed E-state index contributed by atoms with van der Waals surface area (Å²) in [6.45, 7) is 7.31. The molecule has 2 rings (SSSR count). The number of hydrogen-bond donors (Lipinski definition) is 2. The Hall–Kier alpha value is -1.63. The van der Waals surface area contributed by atoms with E-state index in [1.165, 1.54) is 0 Å². The van der Waals surface area contributed by atoms with Crippen molar-refractivity contribution in [2.24, 2.45) is 5.41 Å². The normalized spacial score (nSPS) is 18.5. The van der Waals surface area contributed by atoms with Crippen LogP contribution in [0.4, 0.5) is 4.79 Å². The number of aliphatic hydroxyl groups excluding tert-OH is 1. The highest BCUT2D eigenvalue weighted by atomic mass is 16.6. The molecule has 0 radical (unpaired) electrons. The van der Waals surface area contributed by atoms with Crippen molar-refractivity contribution < 1.29 is 19.4 Å². The van der Waals surface area contributed by atoms with Crippen LogP contribution in [0.15, 0.2) is 30.3 Å². The van der Waals surface area contributed by atoms with E-state index in [4.69, 9.17) is 9.47 Å². The van der Waals surface area contributed by atoms with Crippen molar-refractivity contribution in [1.82, 2.24) is 10.2 Å². The highest BCUT2D eigenvalue weighted by Gasteiger charge is 2.25. The summed E-state index contributed by atoms with van der Waals surface area (Å²) in [6.07, 6.45) is -0.361. The second-order valence-corrected chi connectivity index (χ2v) is 6.93. The smallest absolute Gasteiger partial charge is 0.410 e. The fourth-order valence-corrected chi connectivity index (χ4v) is 2.45. The lowest BCUT2D eigenvalue weighted by Gasteiger charge is -2.33. The van der Waals surface area contributed by atoms with Crippen LogP contribution in [0.25, 0.3) is 0 Å². The summed E-state index contributed by atoms with van der Waals surface area (Å²) >= 11 is 0. The van der Waals surface area contributed by atoms with E-state index in [1.807, 2.05) is 44.2 Å². The Morgan fingerprint density at radius 2 is 2.17 bits per heavy atom. The van der Waals surface area contributed by atoms with Crippen molar-refractivity contribution in [3.63, 3.8) is 0 Å². The van der Waals surface area contributed by atoms with Gasteiger partial charge in [0.1, 0.15) is 6.61 Å². The molecule has 1 aliphatic heterocycles. The van der Waals surface area contributed by atoms with Crippen LogP contribution in [0.3, 0.4) is 0 Å². The van der Waals surface area contributed by atoms with Gasteiger partial charge in [0, 0.05) is 31.7 Å². The van der Waals surface area contributed by atoms with Crippen LogP contribution in [-0.4, -0.2) is 61.6 Å². The van der Waals surface area contributed by atoms with E-state index in [0.717, 1.165) is 5.56 Å². The third-order valence-corrected chi connectivity index (χ3v) is 4.01. The van der Waals surface area contributed by atoms with Gasteiger partial charge in [-0.1, -0.05) is 44.2 Å². The quantitative estimate of drug-likeness (QED) is 0.792. The number of carbonyl (C=O) groups is 1. The van der Waals surface area contributed by atoms with Crippen LogP contribution in [0.1, 0.15) is 19.4 Å². The van der Waals surface area contributed by atoms with Gasteiger partial charge < -0.3 is 24.8 Å². The van der Waals surface area contributed by atoms with Gasteiger partial charge in [0.25, 0.3) is 0 Å². The minimum absolute atomic E-state index is 0.0579. The average Bonchev–Trinajstić information content (AvgIpc) is 2.60. The van der Waals surface area contributed by atoms with Gasteiger partial charge in [-0.15, -0.1) is 0 Å². The molecule has 1 saturated heterocycles. The number of hydrogen-bond acceptors (Lipinski definition) is 5. The topological polar surface area (TPSA) is 71.0 Å². The lowest BCUT2D eigenvalue weighted by atomic mass is 9.95. The van der Waals surface area contributed by atoms with Crippen molar-refractivity contribution >= 4 is 6.09 Å². The Bertz CT molecular complexity index is 507. The van der Waals surface area contributed by atoms with Crippen LogP contribution in [0, 0.1) is 5.41 Å². The van der Waals surface area contributed by atoms with Gasteiger partial charge in [-0.25, -0.2) is 4.79 Å². The number of nitrogens with one attached hydrogen (secondary N) is 1. The first-order valence-corrected chi connectivity index (χ1v) is 8.39. The van der Waals surface area contributed by atoms with Crippen molar-refractivity contribution in [3.05, 3.63) is 35.9 Å². The van der Waals surface area contributed by atoms with Gasteiger partial charge in [0.05, 0.1) is 19.3 Å². The number of rotatable bonds is 7. The SMILES string of the molecule is CC(C)(CO)CNCC1CN(C(=O)OCc2ccccc2)CCO1. The maximum absolute atomic E-state index is 12.2. The number of nitrogens with zero attached hydrogens (tertiary/aromatic N) is 1. The van der Waals surface area contributed by atoms with Crippen LogP contribution in [-0.2, 0) is 16.1 Å². The Morgan fingerprint density at radius 1 is 1.42 bits per heavy atom. The van der Waals surface area contributed by atoms with Gasteiger partial charge in [0.15, 0.2) is 0 Å². The molecule has 1 aromatic rings. The first kappa shape index (κ1) is 18.7. The molecule has 0 bridgehead atoms. The lowest BCUT2D eigenvalue weighted by molar-refractivity contribution is -0.0280. The zero-order chi connectivity index (χ0) is 17.4. The third-order valence-electron chi connectivity index (χ3n) is 4.01. The Kier molecular flexibility index (Phi) is 7.02. The molecule has 1 fully saturated rings. The molecule has 1 aromatic carbocycles. The highest BCUT2D eigenvalue weighted by molar-refractivity contribution is 5.67. The third kappa shape index (κ3) is 6.11. The molecule has 6 nitrogen and oxygen atoms in total. The average molecular weight is 336 g/mol. The zero-order valence-electron chi connectivity index (χ0n) is 14.5. The van der Waals surface area contributed by atoms with E-state index in [0.29, 0.717) is 32.8 Å². The maximum Gasteiger partial charge on any atom is 0.410 e. The number of aliphatic hydroxyl groups is 1. The minimum Gasteiger partial charge on any atom is -0.445 e. The van der Waals surface area contributed by atoms with Crippen molar-refractivity contribution in [3.8, 4) is 0 Å². The van der Waals surface area contributed by atoms with Crippen molar-refractivity contribution in [2.45, 2.75) is 26.6 Å². The first-order valence-electron chi connectivity index (χ1n) is 8.39. The second kappa shape index (κ2) is 9.01. The number of benzene rings is 1.